The van der Waals surface area contributed by atoms with Gasteiger partial charge in [-0.3, -0.25) is 9.59 Å². The number of carbonyl (C=O) groups excluding carboxylic acids is 1. The first kappa shape index (κ1) is 21.0. The van der Waals surface area contributed by atoms with Crippen molar-refractivity contribution in [2.45, 2.75) is 20.0 Å². The third-order valence-corrected chi connectivity index (χ3v) is 5.85. The lowest BCUT2D eigenvalue weighted by molar-refractivity contribution is -0.122. The molecule has 0 saturated carbocycles. The molecule has 1 N–H and O–H groups in total. The Morgan fingerprint density at radius 2 is 1.77 bits per heavy atom. The van der Waals surface area contributed by atoms with Gasteiger partial charge in [-0.15, -0.1) is 11.3 Å². The number of nitrogens with zero attached hydrogens (tertiary/aromatic N) is 3. The van der Waals surface area contributed by atoms with Gasteiger partial charge in [0.05, 0.1) is 17.9 Å². The first-order valence-electron chi connectivity index (χ1n) is 9.62. The SMILES string of the molecule is Cc1sc(CNC(=O)Cn2nc(-c3ccccc3)ccc2=O)nc1-c1ccc(Cl)cc1. The molecule has 8 heteroatoms. The van der Waals surface area contributed by atoms with Crippen molar-refractivity contribution in [1.82, 2.24) is 20.1 Å². The minimum atomic E-state index is -0.329. The number of amides is 1. The predicted octanol–water partition coefficient (Wildman–Crippen LogP) is 4.31. The van der Waals surface area contributed by atoms with Crippen molar-refractivity contribution in [1.29, 1.82) is 0 Å². The molecule has 2 heterocycles. The molecule has 0 radical (unpaired) electrons. The lowest BCUT2D eigenvalue weighted by Gasteiger charge is -2.07. The highest BCUT2D eigenvalue weighted by molar-refractivity contribution is 7.12. The molecule has 0 atom stereocenters. The van der Waals surface area contributed by atoms with E-state index in [0.717, 1.165) is 26.7 Å². The van der Waals surface area contributed by atoms with Crippen molar-refractivity contribution in [3.05, 3.63) is 92.0 Å². The number of hydrogen-bond acceptors (Lipinski definition) is 5. The van der Waals surface area contributed by atoms with E-state index < -0.39 is 0 Å². The van der Waals surface area contributed by atoms with Gasteiger partial charge >= 0.3 is 0 Å². The lowest BCUT2D eigenvalue weighted by Crippen LogP contribution is -2.33. The molecule has 6 nitrogen and oxygen atoms in total. The standard InChI is InChI=1S/C23H19ClN4O2S/c1-15-23(17-7-9-18(24)10-8-17)26-21(31-15)13-25-20(29)14-28-22(30)12-11-19(27-28)16-5-3-2-4-6-16/h2-12H,13-14H2,1H3,(H,25,29). The van der Waals surface area contributed by atoms with Gasteiger partial charge in [0.15, 0.2) is 0 Å². The molecule has 0 unspecified atom stereocenters. The summed E-state index contributed by atoms with van der Waals surface area (Å²) in [5.74, 6) is -0.305. The first-order chi connectivity index (χ1) is 15.0. The minimum absolute atomic E-state index is 0.159. The molecule has 156 valence electrons. The maximum absolute atomic E-state index is 12.4. The van der Waals surface area contributed by atoms with Crippen LogP contribution in [0.5, 0.6) is 0 Å². The first-order valence-corrected chi connectivity index (χ1v) is 10.8. The van der Waals surface area contributed by atoms with Crippen LogP contribution in [-0.2, 0) is 17.9 Å². The second-order valence-electron chi connectivity index (χ2n) is 6.88. The Kier molecular flexibility index (Phi) is 6.25. The van der Waals surface area contributed by atoms with Crippen LogP contribution in [0.25, 0.3) is 22.5 Å². The third-order valence-electron chi connectivity index (χ3n) is 4.62. The fraction of sp³-hybridized carbons (Fsp3) is 0.130. The Labute approximate surface area is 188 Å². The highest BCUT2D eigenvalue weighted by atomic mass is 35.5. The molecule has 0 aliphatic heterocycles. The monoisotopic (exact) mass is 450 g/mol. The molecule has 4 rings (SSSR count). The van der Waals surface area contributed by atoms with E-state index in [0.29, 0.717) is 10.7 Å². The van der Waals surface area contributed by atoms with Crippen LogP contribution in [0.2, 0.25) is 5.02 Å². The largest absolute Gasteiger partial charge is 0.348 e. The van der Waals surface area contributed by atoms with Crippen LogP contribution in [0.4, 0.5) is 0 Å². The number of nitrogens with one attached hydrogen (secondary N) is 1. The van der Waals surface area contributed by atoms with E-state index in [1.807, 2.05) is 61.5 Å². The van der Waals surface area contributed by atoms with Gasteiger partial charge in [-0.25, -0.2) is 9.67 Å². The van der Waals surface area contributed by atoms with Gasteiger partial charge in [0.1, 0.15) is 11.6 Å². The number of halogens is 1. The fourth-order valence-corrected chi connectivity index (χ4v) is 4.11. The molecule has 0 fully saturated rings. The molecule has 0 bridgehead atoms. The molecule has 1 amide bonds. The molecule has 31 heavy (non-hydrogen) atoms. The number of hydrogen-bond donors (Lipinski definition) is 1. The van der Waals surface area contributed by atoms with E-state index in [1.165, 1.54) is 22.1 Å². The molecule has 2 aromatic heterocycles. The fourth-order valence-electron chi connectivity index (χ4n) is 3.09. The van der Waals surface area contributed by atoms with E-state index in [4.69, 9.17) is 11.6 Å². The van der Waals surface area contributed by atoms with Crippen LogP contribution in [0.15, 0.2) is 71.5 Å². The Bertz CT molecular complexity index is 1270. The van der Waals surface area contributed by atoms with Crippen molar-refractivity contribution in [2.24, 2.45) is 0 Å². The number of thiazole rings is 1. The topological polar surface area (TPSA) is 76.9 Å². The number of carbonyl (C=O) groups is 1. The van der Waals surface area contributed by atoms with E-state index in [9.17, 15) is 9.59 Å². The Morgan fingerprint density at radius 3 is 2.52 bits per heavy atom. The Morgan fingerprint density at radius 1 is 1.03 bits per heavy atom. The molecule has 0 spiro atoms. The third kappa shape index (κ3) is 5.07. The average Bonchev–Trinajstić information content (AvgIpc) is 3.15. The van der Waals surface area contributed by atoms with Crippen LogP contribution < -0.4 is 10.9 Å². The summed E-state index contributed by atoms with van der Waals surface area (Å²) in [4.78, 5) is 30.3. The van der Waals surface area contributed by atoms with Crippen LogP contribution in [0.1, 0.15) is 9.88 Å². The zero-order valence-electron chi connectivity index (χ0n) is 16.7. The summed E-state index contributed by atoms with van der Waals surface area (Å²) in [5, 5.41) is 8.60. The Balaban J connectivity index is 1.43. The predicted molar refractivity (Wildman–Crippen MR) is 123 cm³/mol. The second-order valence-corrected chi connectivity index (χ2v) is 8.60. The number of benzene rings is 2. The zero-order chi connectivity index (χ0) is 21.8. The van der Waals surface area contributed by atoms with E-state index in [1.54, 1.807) is 6.07 Å². The van der Waals surface area contributed by atoms with Crippen molar-refractivity contribution in [3.63, 3.8) is 0 Å². The Hall–Kier alpha value is -3.29. The van der Waals surface area contributed by atoms with Gasteiger partial charge in [-0.1, -0.05) is 54.1 Å². The molecule has 2 aromatic carbocycles. The lowest BCUT2D eigenvalue weighted by atomic mass is 10.1. The second kappa shape index (κ2) is 9.24. The van der Waals surface area contributed by atoms with Crippen LogP contribution in [-0.4, -0.2) is 20.7 Å². The zero-order valence-corrected chi connectivity index (χ0v) is 18.3. The average molecular weight is 451 g/mol. The van der Waals surface area contributed by atoms with Crippen LogP contribution >= 0.6 is 22.9 Å². The van der Waals surface area contributed by atoms with Crippen LogP contribution in [0, 0.1) is 6.92 Å². The number of aryl methyl sites for hydroxylation is 1. The van der Waals surface area contributed by atoms with Crippen molar-refractivity contribution >= 4 is 28.8 Å². The molecule has 4 aromatic rings. The van der Waals surface area contributed by atoms with Crippen molar-refractivity contribution in [2.75, 3.05) is 0 Å². The van der Waals surface area contributed by atoms with Gasteiger partial charge in [-0.05, 0) is 25.1 Å². The van der Waals surface area contributed by atoms with Gasteiger partial charge in [0.2, 0.25) is 5.91 Å². The summed E-state index contributed by atoms with van der Waals surface area (Å²) >= 11 is 7.48. The van der Waals surface area contributed by atoms with Gasteiger partial charge in [0.25, 0.3) is 5.56 Å². The normalized spacial score (nSPS) is 10.8. The summed E-state index contributed by atoms with van der Waals surface area (Å²) in [5.41, 5.74) is 3.04. The molecule has 0 aliphatic carbocycles. The minimum Gasteiger partial charge on any atom is -0.348 e. The molecule has 0 saturated heterocycles. The maximum Gasteiger partial charge on any atom is 0.267 e. The van der Waals surface area contributed by atoms with Gasteiger partial charge in [0, 0.05) is 27.1 Å². The highest BCUT2D eigenvalue weighted by Crippen LogP contribution is 2.28. The summed E-state index contributed by atoms with van der Waals surface area (Å²) < 4.78 is 1.17. The van der Waals surface area contributed by atoms with Crippen molar-refractivity contribution in [3.8, 4) is 22.5 Å². The van der Waals surface area contributed by atoms with Gasteiger partial charge in [-0.2, -0.15) is 5.10 Å². The van der Waals surface area contributed by atoms with E-state index >= 15 is 0 Å². The van der Waals surface area contributed by atoms with E-state index in [-0.39, 0.29) is 24.6 Å². The van der Waals surface area contributed by atoms with Crippen molar-refractivity contribution < 1.29 is 4.79 Å². The number of rotatable bonds is 6. The van der Waals surface area contributed by atoms with Gasteiger partial charge < -0.3 is 5.32 Å². The summed E-state index contributed by atoms with van der Waals surface area (Å²) in [6, 6.07) is 20.1. The smallest absolute Gasteiger partial charge is 0.267 e. The van der Waals surface area contributed by atoms with Crippen LogP contribution in [0.3, 0.4) is 0 Å². The quantitative estimate of drug-likeness (QED) is 0.474. The summed E-state index contributed by atoms with van der Waals surface area (Å²) in [6.45, 7) is 2.12. The van der Waals surface area contributed by atoms with E-state index in [2.05, 4.69) is 15.4 Å². The molecule has 0 aliphatic rings. The summed E-state index contributed by atoms with van der Waals surface area (Å²) in [6.07, 6.45) is 0. The maximum atomic E-state index is 12.4. The summed E-state index contributed by atoms with van der Waals surface area (Å²) in [7, 11) is 0. The number of aromatic nitrogens is 3. The highest BCUT2D eigenvalue weighted by Gasteiger charge is 2.12. The molecular weight excluding hydrogens is 432 g/mol. The molecular formula is C23H19ClN4O2S.